The van der Waals surface area contributed by atoms with Crippen LogP contribution in [0.25, 0.3) is 22.2 Å². The van der Waals surface area contributed by atoms with Crippen LogP contribution in [0.5, 0.6) is 5.75 Å². The number of benzene rings is 2. The Morgan fingerprint density at radius 2 is 1.79 bits per heavy atom. The van der Waals surface area contributed by atoms with Crippen LogP contribution >= 0.6 is 0 Å². The first kappa shape index (κ1) is 18.7. The first-order chi connectivity index (χ1) is 13.5. The van der Waals surface area contributed by atoms with Crippen molar-refractivity contribution in [1.82, 2.24) is 4.98 Å². The number of hydrogen-bond acceptors (Lipinski definition) is 8. The van der Waals surface area contributed by atoms with Gasteiger partial charge in [-0.15, -0.1) is 0 Å². The molecule has 1 saturated heterocycles. The number of aliphatic hydroxyl groups excluding tert-OH is 4. The molecule has 1 fully saturated rings. The molecule has 146 valence electrons. The summed E-state index contributed by atoms with van der Waals surface area (Å²) in [6, 6.07) is 13.2. The summed E-state index contributed by atoms with van der Waals surface area (Å²) in [6.45, 7) is -0.531. The van der Waals surface area contributed by atoms with Gasteiger partial charge < -0.3 is 29.9 Å². The monoisotopic (exact) mass is 385 g/mol. The van der Waals surface area contributed by atoms with E-state index in [1.165, 1.54) is 12.1 Å². The lowest BCUT2D eigenvalue weighted by Gasteiger charge is -2.39. The second-order valence-electron chi connectivity index (χ2n) is 6.70. The molecule has 8 nitrogen and oxygen atoms in total. The maximum absolute atomic E-state index is 11.5. The summed E-state index contributed by atoms with van der Waals surface area (Å²) < 4.78 is 11.0. The van der Waals surface area contributed by atoms with Gasteiger partial charge in [-0.2, -0.15) is 0 Å². The number of aliphatic hydroxyl groups is 4. The van der Waals surface area contributed by atoms with Gasteiger partial charge in [0.05, 0.1) is 17.8 Å². The van der Waals surface area contributed by atoms with E-state index in [1.54, 1.807) is 36.4 Å². The molecular weight excluding hydrogens is 366 g/mol. The fraction of sp³-hybridized carbons (Fsp3) is 0.300. The molecular formula is C20H19NO7. The van der Waals surface area contributed by atoms with Gasteiger partial charge in [-0.3, -0.25) is 4.79 Å². The van der Waals surface area contributed by atoms with E-state index < -0.39 is 37.3 Å². The average Bonchev–Trinajstić information content (AvgIpc) is 2.87. The average molecular weight is 385 g/mol. The Kier molecular flexibility index (Phi) is 4.96. The second-order valence-corrected chi connectivity index (χ2v) is 6.70. The Morgan fingerprint density at radius 3 is 2.57 bits per heavy atom. The zero-order valence-electron chi connectivity index (χ0n) is 14.7. The quantitative estimate of drug-likeness (QED) is 0.491. The van der Waals surface area contributed by atoms with Crippen LogP contribution in [0.2, 0.25) is 0 Å². The molecule has 4 N–H and O–H groups in total. The number of ether oxygens (including phenoxy) is 2. The fourth-order valence-corrected chi connectivity index (χ4v) is 3.22. The van der Waals surface area contributed by atoms with Gasteiger partial charge >= 0.3 is 0 Å². The molecule has 8 heteroatoms. The van der Waals surface area contributed by atoms with E-state index in [9.17, 15) is 25.2 Å². The molecule has 0 spiro atoms. The van der Waals surface area contributed by atoms with Crippen molar-refractivity contribution in [3.05, 3.63) is 58.8 Å². The minimum absolute atomic E-state index is 0.101. The van der Waals surface area contributed by atoms with Gasteiger partial charge in [-0.25, -0.2) is 4.98 Å². The summed E-state index contributed by atoms with van der Waals surface area (Å²) in [6.07, 6.45) is -6.76. The molecule has 4 rings (SSSR count). The third-order valence-corrected chi connectivity index (χ3v) is 4.78. The van der Waals surface area contributed by atoms with Crippen molar-refractivity contribution in [3.63, 3.8) is 0 Å². The Bertz CT molecular complexity index is 1020. The summed E-state index contributed by atoms with van der Waals surface area (Å²) in [5.74, 6) is 0.346. The number of rotatable bonds is 3. The smallest absolute Gasteiger partial charge is 0.229 e. The molecule has 1 aromatic carbocycles. The van der Waals surface area contributed by atoms with Crippen LogP contribution < -0.4 is 10.2 Å². The van der Waals surface area contributed by atoms with E-state index in [4.69, 9.17) is 9.47 Å². The summed E-state index contributed by atoms with van der Waals surface area (Å²) >= 11 is 0. The molecule has 0 unspecified atom stereocenters. The first-order valence-electron chi connectivity index (χ1n) is 8.78. The topological polar surface area (TPSA) is 129 Å². The Hall–Kier alpha value is -2.62. The third-order valence-electron chi connectivity index (χ3n) is 4.78. The van der Waals surface area contributed by atoms with Crippen LogP contribution in [0.3, 0.4) is 0 Å². The molecule has 1 aliphatic carbocycles. The van der Waals surface area contributed by atoms with E-state index in [2.05, 4.69) is 4.98 Å². The number of fused-ring (bicyclic) bond motifs is 2. The summed E-state index contributed by atoms with van der Waals surface area (Å²) in [5, 5.41) is 39.8. The standard InChI is InChI=1S/C20H19NO7/c22-9-16-17(24)18(25)19(26)20(28-16)27-13-4-6-15-11(8-13)2-1-10-7-12(23)3-5-14(10)21-15/h1-8,16-20,22,24-26H,9H2/t16-,17+,18+,19-,20-/m1/s1. The molecule has 28 heavy (non-hydrogen) atoms. The van der Waals surface area contributed by atoms with Crippen molar-refractivity contribution < 1.29 is 29.9 Å². The molecule has 1 aromatic rings. The highest BCUT2D eigenvalue weighted by Gasteiger charge is 2.44. The van der Waals surface area contributed by atoms with Crippen molar-refractivity contribution in [1.29, 1.82) is 0 Å². The highest BCUT2D eigenvalue weighted by Crippen LogP contribution is 2.27. The summed E-state index contributed by atoms with van der Waals surface area (Å²) in [5.41, 5.74) is 1.96. The zero-order chi connectivity index (χ0) is 19.8. The molecule has 5 atom stereocenters. The second kappa shape index (κ2) is 7.42. The number of nitrogens with zero attached hydrogens (tertiary/aromatic N) is 1. The van der Waals surface area contributed by atoms with Gasteiger partial charge in [-0.1, -0.05) is 12.1 Å². The van der Waals surface area contributed by atoms with E-state index in [0.29, 0.717) is 22.5 Å². The van der Waals surface area contributed by atoms with Gasteiger partial charge in [0.15, 0.2) is 5.43 Å². The largest absolute Gasteiger partial charge is 0.462 e. The number of aromatic nitrogens is 1. The van der Waals surface area contributed by atoms with Crippen molar-refractivity contribution in [3.8, 4) is 17.0 Å². The normalized spacial score (nSPS) is 27.8. The zero-order valence-corrected chi connectivity index (χ0v) is 14.7. The summed E-state index contributed by atoms with van der Waals surface area (Å²) in [7, 11) is 0. The van der Waals surface area contributed by atoms with Crippen LogP contribution in [-0.4, -0.2) is 62.7 Å². The number of hydrogen-bond donors (Lipinski definition) is 4. The molecule has 0 saturated carbocycles. The van der Waals surface area contributed by atoms with Crippen molar-refractivity contribution in [2.45, 2.75) is 30.7 Å². The predicted molar refractivity (Wildman–Crippen MR) is 99.0 cm³/mol. The van der Waals surface area contributed by atoms with Crippen LogP contribution in [-0.2, 0) is 4.74 Å². The predicted octanol–water partition coefficient (Wildman–Crippen LogP) is -0.122. The molecule has 2 heterocycles. The maximum atomic E-state index is 11.5. The third kappa shape index (κ3) is 3.44. The molecule has 0 bridgehead atoms. The Labute approximate surface area is 159 Å². The van der Waals surface area contributed by atoms with Crippen molar-refractivity contribution in [2.24, 2.45) is 0 Å². The minimum Gasteiger partial charge on any atom is -0.462 e. The molecule has 0 radical (unpaired) electrons. The van der Waals surface area contributed by atoms with Crippen LogP contribution in [0, 0.1) is 0 Å². The Balaban J connectivity index is 1.66. The summed E-state index contributed by atoms with van der Waals surface area (Å²) in [4.78, 5) is 16.1. The highest BCUT2D eigenvalue weighted by molar-refractivity contribution is 5.82. The molecule has 0 amide bonds. The van der Waals surface area contributed by atoms with Crippen LogP contribution in [0.4, 0.5) is 0 Å². The minimum atomic E-state index is -1.51. The van der Waals surface area contributed by atoms with Gasteiger partial charge in [-0.05, 0) is 36.4 Å². The fourth-order valence-electron chi connectivity index (χ4n) is 3.22. The van der Waals surface area contributed by atoms with Crippen LogP contribution in [0.1, 0.15) is 0 Å². The van der Waals surface area contributed by atoms with Crippen molar-refractivity contribution >= 4 is 10.9 Å². The van der Waals surface area contributed by atoms with Gasteiger partial charge in [0.1, 0.15) is 30.2 Å². The lowest BCUT2D eigenvalue weighted by atomic mass is 9.99. The van der Waals surface area contributed by atoms with E-state index in [-0.39, 0.29) is 5.43 Å². The lowest BCUT2D eigenvalue weighted by molar-refractivity contribution is -0.277. The van der Waals surface area contributed by atoms with E-state index >= 15 is 0 Å². The van der Waals surface area contributed by atoms with Gasteiger partial charge in [0.25, 0.3) is 0 Å². The van der Waals surface area contributed by atoms with Crippen molar-refractivity contribution in [2.75, 3.05) is 6.61 Å². The Morgan fingerprint density at radius 1 is 0.964 bits per heavy atom. The lowest BCUT2D eigenvalue weighted by Crippen LogP contribution is -2.60. The first-order valence-corrected chi connectivity index (χ1v) is 8.78. The SMILES string of the molecule is O=c1ccc2nc3ccc(O[C@@H]4O[C@H](CO)[C@H](O)[C@H](O)[C@H]4O)cc3ccc-2c1. The molecule has 2 aliphatic heterocycles. The van der Waals surface area contributed by atoms with E-state index in [1.807, 2.05) is 0 Å². The molecule has 0 aromatic heterocycles. The van der Waals surface area contributed by atoms with Gasteiger partial charge in [0.2, 0.25) is 6.29 Å². The van der Waals surface area contributed by atoms with Gasteiger partial charge in [0, 0.05) is 10.9 Å². The van der Waals surface area contributed by atoms with E-state index in [0.717, 1.165) is 5.39 Å². The molecule has 3 aliphatic rings. The maximum Gasteiger partial charge on any atom is 0.229 e. The highest BCUT2D eigenvalue weighted by atomic mass is 16.7. The van der Waals surface area contributed by atoms with Crippen LogP contribution in [0.15, 0.2) is 53.3 Å².